The van der Waals surface area contributed by atoms with Gasteiger partial charge in [0.05, 0.1) is 10.6 Å². The highest BCUT2D eigenvalue weighted by Crippen LogP contribution is 2.24. The second-order valence-corrected chi connectivity index (χ2v) is 5.94. The van der Waals surface area contributed by atoms with Crippen molar-refractivity contribution in [1.29, 1.82) is 0 Å². The molecule has 2 rings (SSSR count). The fourth-order valence-corrected chi connectivity index (χ4v) is 3.02. The largest absolute Gasteiger partial charge is 0.369 e. The standard InChI is InChI=1S/C16H24ClN3O/c1-3-8-18-15-14(17)10-12(11-19-15)16(21)20-9-6-5-7-13(20)4-2/h10-11,13H,3-9H2,1-2H3,(H,18,19). The van der Waals surface area contributed by atoms with Crippen molar-refractivity contribution in [3.05, 3.63) is 22.8 Å². The molecule has 1 aliphatic heterocycles. The molecule has 0 bridgehead atoms. The van der Waals surface area contributed by atoms with Crippen molar-refractivity contribution in [3.63, 3.8) is 0 Å². The van der Waals surface area contributed by atoms with Gasteiger partial charge < -0.3 is 10.2 Å². The molecule has 1 N–H and O–H groups in total. The summed E-state index contributed by atoms with van der Waals surface area (Å²) in [5.74, 6) is 0.707. The summed E-state index contributed by atoms with van der Waals surface area (Å²) in [4.78, 5) is 18.9. The van der Waals surface area contributed by atoms with E-state index in [9.17, 15) is 4.79 Å². The lowest BCUT2D eigenvalue weighted by Gasteiger charge is -2.35. The lowest BCUT2D eigenvalue weighted by Crippen LogP contribution is -2.43. The van der Waals surface area contributed by atoms with Gasteiger partial charge in [-0.3, -0.25) is 4.79 Å². The molecule has 1 aliphatic rings. The van der Waals surface area contributed by atoms with Crippen LogP contribution in [0, 0.1) is 0 Å². The summed E-state index contributed by atoms with van der Waals surface area (Å²) >= 11 is 6.22. The van der Waals surface area contributed by atoms with Gasteiger partial charge in [0.15, 0.2) is 0 Å². The van der Waals surface area contributed by atoms with Crippen molar-refractivity contribution in [2.24, 2.45) is 0 Å². The fourth-order valence-electron chi connectivity index (χ4n) is 2.79. The Kier molecular flexibility index (Phi) is 5.85. The fraction of sp³-hybridized carbons (Fsp3) is 0.625. The third kappa shape index (κ3) is 3.88. The average Bonchev–Trinajstić information content (AvgIpc) is 2.53. The number of carbonyl (C=O) groups excluding carboxylic acids is 1. The predicted molar refractivity (Wildman–Crippen MR) is 87.0 cm³/mol. The molecule has 1 fully saturated rings. The molecule has 0 aromatic carbocycles. The molecule has 116 valence electrons. The first-order chi connectivity index (χ1) is 10.2. The molecular weight excluding hydrogens is 286 g/mol. The van der Waals surface area contributed by atoms with Gasteiger partial charge in [0.1, 0.15) is 5.82 Å². The number of amides is 1. The molecule has 1 atom stereocenters. The zero-order valence-corrected chi connectivity index (χ0v) is 13.6. The number of carbonyl (C=O) groups is 1. The minimum atomic E-state index is 0.0537. The van der Waals surface area contributed by atoms with Crippen molar-refractivity contribution in [3.8, 4) is 0 Å². The van der Waals surface area contributed by atoms with Crippen LogP contribution in [0.3, 0.4) is 0 Å². The SMILES string of the molecule is CCCNc1ncc(C(=O)N2CCCCC2CC)cc1Cl. The highest BCUT2D eigenvalue weighted by molar-refractivity contribution is 6.33. The molecule has 0 saturated carbocycles. The first kappa shape index (κ1) is 16.1. The van der Waals surface area contributed by atoms with Crippen molar-refractivity contribution in [1.82, 2.24) is 9.88 Å². The quantitative estimate of drug-likeness (QED) is 0.895. The first-order valence-electron chi connectivity index (χ1n) is 7.87. The van der Waals surface area contributed by atoms with Crippen molar-refractivity contribution >= 4 is 23.3 Å². The van der Waals surface area contributed by atoms with Gasteiger partial charge >= 0.3 is 0 Å². The molecule has 2 heterocycles. The van der Waals surface area contributed by atoms with Crippen LogP contribution in [0.4, 0.5) is 5.82 Å². The summed E-state index contributed by atoms with van der Waals surface area (Å²) in [7, 11) is 0. The number of piperidine rings is 1. The number of hydrogen-bond donors (Lipinski definition) is 1. The molecule has 1 amide bonds. The number of rotatable bonds is 5. The van der Waals surface area contributed by atoms with Crippen LogP contribution in [0.5, 0.6) is 0 Å². The van der Waals surface area contributed by atoms with Crippen LogP contribution in [0.15, 0.2) is 12.3 Å². The summed E-state index contributed by atoms with van der Waals surface area (Å²) < 4.78 is 0. The van der Waals surface area contributed by atoms with E-state index in [1.54, 1.807) is 12.3 Å². The maximum absolute atomic E-state index is 12.7. The lowest BCUT2D eigenvalue weighted by atomic mass is 9.99. The Morgan fingerprint density at radius 2 is 2.29 bits per heavy atom. The molecule has 0 aliphatic carbocycles. The number of aromatic nitrogens is 1. The smallest absolute Gasteiger partial charge is 0.255 e. The van der Waals surface area contributed by atoms with E-state index in [-0.39, 0.29) is 5.91 Å². The summed E-state index contributed by atoms with van der Waals surface area (Å²) in [6, 6.07) is 2.08. The van der Waals surface area contributed by atoms with Gasteiger partial charge in [0.25, 0.3) is 5.91 Å². The Bertz CT molecular complexity index is 492. The van der Waals surface area contributed by atoms with Crippen LogP contribution < -0.4 is 5.32 Å². The molecule has 0 spiro atoms. The van der Waals surface area contributed by atoms with Crippen LogP contribution in [0.25, 0.3) is 0 Å². The van der Waals surface area contributed by atoms with Crippen LogP contribution in [0.1, 0.15) is 56.3 Å². The monoisotopic (exact) mass is 309 g/mol. The molecule has 5 heteroatoms. The van der Waals surface area contributed by atoms with E-state index in [4.69, 9.17) is 11.6 Å². The van der Waals surface area contributed by atoms with Gasteiger partial charge in [0.2, 0.25) is 0 Å². The summed E-state index contributed by atoms with van der Waals surface area (Å²) in [5.41, 5.74) is 0.586. The van der Waals surface area contributed by atoms with E-state index in [1.807, 2.05) is 4.90 Å². The van der Waals surface area contributed by atoms with Gasteiger partial charge in [-0.1, -0.05) is 25.4 Å². The highest BCUT2D eigenvalue weighted by atomic mass is 35.5. The number of nitrogens with one attached hydrogen (secondary N) is 1. The summed E-state index contributed by atoms with van der Waals surface area (Å²) in [5, 5.41) is 3.67. The van der Waals surface area contributed by atoms with Gasteiger partial charge in [0, 0.05) is 25.3 Å². The zero-order chi connectivity index (χ0) is 15.2. The number of pyridine rings is 1. The number of likely N-dealkylation sites (tertiary alicyclic amines) is 1. The second-order valence-electron chi connectivity index (χ2n) is 5.54. The van der Waals surface area contributed by atoms with E-state index < -0.39 is 0 Å². The van der Waals surface area contributed by atoms with E-state index in [0.717, 1.165) is 38.8 Å². The van der Waals surface area contributed by atoms with Gasteiger partial charge in [-0.15, -0.1) is 0 Å². The van der Waals surface area contributed by atoms with E-state index in [1.165, 1.54) is 6.42 Å². The number of halogens is 1. The van der Waals surface area contributed by atoms with Crippen LogP contribution in [0.2, 0.25) is 5.02 Å². The summed E-state index contributed by atoms with van der Waals surface area (Å²) in [6.45, 7) is 5.88. The number of anilines is 1. The maximum Gasteiger partial charge on any atom is 0.255 e. The third-order valence-corrected chi connectivity index (χ3v) is 4.28. The highest BCUT2D eigenvalue weighted by Gasteiger charge is 2.26. The predicted octanol–water partition coefficient (Wildman–Crippen LogP) is 3.96. The number of nitrogens with zero attached hydrogens (tertiary/aromatic N) is 2. The van der Waals surface area contributed by atoms with Gasteiger partial charge in [-0.2, -0.15) is 0 Å². The third-order valence-electron chi connectivity index (χ3n) is 3.99. The van der Waals surface area contributed by atoms with E-state index in [0.29, 0.717) is 22.4 Å². The minimum Gasteiger partial charge on any atom is -0.369 e. The Labute approximate surface area is 131 Å². The van der Waals surface area contributed by atoms with Crippen LogP contribution in [-0.2, 0) is 0 Å². The minimum absolute atomic E-state index is 0.0537. The number of hydrogen-bond acceptors (Lipinski definition) is 3. The molecule has 1 aromatic heterocycles. The molecular formula is C16H24ClN3O. The Morgan fingerprint density at radius 3 is 2.95 bits per heavy atom. The van der Waals surface area contributed by atoms with Crippen LogP contribution in [-0.4, -0.2) is 34.9 Å². The maximum atomic E-state index is 12.7. The molecule has 0 radical (unpaired) electrons. The molecule has 1 aromatic rings. The van der Waals surface area contributed by atoms with E-state index in [2.05, 4.69) is 24.1 Å². The summed E-state index contributed by atoms with van der Waals surface area (Å²) in [6.07, 6.45) is 7.03. The lowest BCUT2D eigenvalue weighted by molar-refractivity contribution is 0.0607. The molecule has 1 unspecified atom stereocenters. The van der Waals surface area contributed by atoms with Gasteiger partial charge in [-0.25, -0.2) is 4.98 Å². The van der Waals surface area contributed by atoms with Crippen LogP contribution >= 0.6 is 11.6 Å². The van der Waals surface area contributed by atoms with E-state index >= 15 is 0 Å². The van der Waals surface area contributed by atoms with Gasteiger partial charge in [-0.05, 0) is 38.2 Å². The average molecular weight is 310 g/mol. The molecule has 4 nitrogen and oxygen atoms in total. The Balaban J connectivity index is 2.13. The van der Waals surface area contributed by atoms with Crippen molar-refractivity contribution in [2.45, 2.75) is 52.0 Å². The van der Waals surface area contributed by atoms with Crippen molar-refractivity contribution < 1.29 is 4.79 Å². The second kappa shape index (κ2) is 7.64. The topological polar surface area (TPSA) is 45.2 Å². The zero-order valence-electron chi connectivity index (χ0n) is 12.9. The van der Waals surface area contributed by atoms with Crippen molar-refractivity contribution in [2.75, 3.05) is 18.4 Å². The first-order valence-corrected chi connectivity index (χ1v) is 8.25. The Hall–Kier alpha value is -1.29. The Morgan fingerprint density at radius 1 is 1.48 bits per heavy atom. The normalized spacial score (nSPS) is 18.6. The molecule has 21 heavy (non-hydrogen) atoms. The molecule has 1 saturated heterocycles.